The Morgan fingerprint density at radius 1 is 0.294 bits per heavy atom. The smallest absolute Gasteiger partial charge is 0.346 e. The number of rotatable bonds is 20. The van der Waals surface area contributed by atoms with E-state index in [1.165, 1.54) is 43.8 Å². The number of nitrogens with zero attached hydrogens (tertiary/aromatic N) is 6. The zero-order valence-corrected chi connectivity index (χ0v) is 79.4. The Morgan fingerprint density at radius 3 is 1.02 bits per heavy atom. The molecule has 17 aromatic carbocycles. The Morgan fingerprint density at radius 2 is 0.632 bits per heavy atom. The first kappa shape index (κ1) is 69.5. The van der Waals surface area contributed by atoms with Crippen LogP contribution in [0.1, 0.15) is 158 Å². The van der Waals surface area contributed by atoms with Crippen molar-refractivity contribution in [2.24, 2.45) is 0 Å². The molecule has 0 aliphatic heterocycles. The molecule has 0 saturated heterocycles. The minimum Gasteiger partial charge on any atom is -0.346 e. The zero-order valence-electron chi connectivity index (χ0n) is 97.1. The second-order valence-corrected chi connectivity index (χ2v) is 36.5. The summed E-state index contributed by atoms with van der Waals surface area (Å²) in [7, 11) is 0. The molecule has 2 aliphatic carbocycles. The van der Waals surface area contributed by atoms with E-state index < -0.39 is 121 Å². The quantitative estimate of drug-likeness (QED) is 0.0559. The topological polar surface area (TPSA) is 38.7 Å². The fraction of sp³-hybridized carbons (Fsp3) is 0.116. The van der Waals surface area contributed by atoms with Crippen LogP contribution in [0.4, 0.5) is 68.2 Å². The number of anilines is 12. The van der Waals surface area contributed by atoms with Crippen LogP contribution in [0, 0.1) is 19.0 Å². The molecule has 2 aromatic heterocycles. The summed E-state index contributed by atoms with van der Waals surface area (Å²) in [5.74, 6) is 0. The number of benzene rings is 17. The average Bonchev–Trinajstić information content (AvgIpc) is 1.50. The molecule has 19 aromatic rings. The number of para-hydroxylation sites is 2. The monoisotopic (exact) mass is 1960 g/mol. The zero-order chi connectivity index (χ0) is 110. The molecule has 0 unspecified atom stereocenters. The number of pyridine rings is 2. The van der Waals surface area contributed by atoms with E-state index in [4.69, 9.17) is 16.4 Å². The first-order valence-corrected chi connectivity index (χ1v) is 45.2. The van der Waals surface area contributed by atoms with E-state index in [0.717, 1.165) is 55.7 Å². The van der Waals surface area contributed by atoms with Gasteiger partial charge in [0.05, 0.1) is 23.3 Å². The summed E-state index contributed by atoms with van der Waals surface area (Å²) in [6, 6.07) is 104. The summed E-state index contributed by atoms with van der Waals surface area (Å²) < 4.78 is 177. The fourth-order valence-corrected chi connectivity index (χ4v) is 17.6. The van der Waals surface area contributed by atoms with Crippen LogP contribution in [0.5, 0.6) is 0 Å². The van der Waals surface area contributed by atoms with Gasteiger partial charge in [0.25, 0.3) is 0 Å². The summed E-state index contributed by atoms with van der Waals surface area (Å²) in [6.45, 7) is 20.5. The van der Waals surface area contributed by atoms with Gasteiger partial charge in [-0.05, 0) is 279 Å². The van der Waals surface area contributed by atoms with Gasteiger partial charge in [0.15, 0.2) is 0 Å². The van der Waals surface area contributed by atoms with Crippen molar-refractivity contribution in [1.82, 2.24) is 9.97 Å². The molecule has 0 fully saturated rings. The summed E-state index contributed by atoms with van der Waals surface area (Å²) in [4.78, 5) is 16.1. The van der Waals surface area contributed by atoms with Gasteiger partial charge in [0.1, 0.15) is 0 Å². The Labute approximate surface area is 846 Å². The van der Waals surface area contributed by atoms with E-state index in [-0.39, 0.29) is 70.9 Å². The SMILES string of the molecule is [2H]C([2H])([2H])c1cc2c3c4c(cccc14)C(C)(C)c1cc(N(c4ccc(C(C)(C)C)cc4)c4ccc(C(C)(C)C)cc4)cc(c1-3)C2(C)C.[2H]c1c([2H])c(N(c2ccccc2)c2ccc(/C=C/c3ccccc3)cc2)c([2H])c([2H])c1-c1c([2H])c([2H])c(N(c2ccccc2)c2ccc(/C=C/c3ccccc3)cc2)c([2H])c1[2H].[2H]c1c([2H])c([2H])c(-c2c([2H])c([2H])c(N(c3[c-]c(-c4ccccn4)ccc3)c3[c-]c(-c4ccccn4)ccc3)c([2H])c2[2H])c([2H])c1[2H].[Pt+2]. The maximum atomic E-state index is 9.36. The van der Waals surface area contributed by atoms with Crippen LogP contribution in [0.2, 0.25) is 0 Å². The Balaban J connectivity index is 0.000000153. The van der Waals surface area contributed by atoms with E-state index in [1.54, 1.807) is 58.6 Å². The van der Waals surface area contributed by atoms with Gasteiger partial charge >= 0.3 is 21.1 Å². The third-order valence-corrected chi connectivity index (χ3v) is 24.8. The summed E-state index contributed by atoms with van der Waals surface area (Å²) in [5, 5.41) is 1.97. The average molecular weight is 1960 g/mol. The second-order valence-electron chi connectivity index (χ2n) is 36.5. The van der Waals surface area contributed by atoms with E-state index >= 15 is 0 Å². The van der Waals surface area contributed by atoms with Crippen molar-refractivity contribution < 1.29 is 48.5 Å². The van der Waals surface area contributed by atoms with Crippen molar-refractivity contribution >= 4 is 103 Å². The molecule has 0 bridgehead atoms. The van der Waals surface area contributed by atoms with Crippen molar-refractivity contribution in [2.45, 2.75) is 97.7 Å². The molecule has 6 nitrogen and oxygen atoms in total. The van der Waals surface area contributed by atoms with Gasteiger partial charge in [-0.3, -0.25) is 0 Å². The van der Waals surface area contributed by atoms with Gasteiger partial charge in [-0.25, -0.2) is 0 Å². The van der Waals surface area contributed by atoms with Crippen molar-refractivity contribution in [3.63, 3.8) is 0 Å². The van der Waals surface area contributed by atoms with E-state index in [2.05, 4.69) is 163 Å². The molecule has 0 radical (unpaired) electrons. The molecule has 7 heteroatoms. The standard InChI is InChI=1S/C52H40N2.C43H47N.C34H23N3.Pt/c1-5-13-41(14-6-1)21-23-43-25-33-49(34-26-43)53(47-17-9-3-10-18-47)51-37-29-45(30-38-51)46-31-39-52(40-32-46)54(48-19-11-4-12-20-48)50-35-27-44(28-36-50)24-22-42-15-7-2-8-16-42;1-26-23-34-39-37-32(26)13-12-14-33(37)42(8,9)35-24-31(25-36(38(35)39)43(34,10)11)44(29-19-15-27(16-20-29)40(2,3)4)30-21-17-28(18-22-30)41(5,6)7;1-2-10-26(11-3-1)27-18-20-30(21-19-27)37(31-14-8-12-28(24-31)33-16-4-6-22-35-33)32-15-9-13-29(25-32)34-17-5-7-23-36-34;/h1-40H;12-25H,1-11H3;1-23H;/q;;-2;+2/b23-21+,24-22+;;;/i29D,30D,31D,32D,37D,38D,39D,40D;1D3;1D,2D,3D,10D,11D,18D,19D,20D,21D;. The molecule has 0 N–H and O–H groups in total. The van der Waals surface area contributed by atoms with Crippen LogP contribution >= 0.6 is 0 Å². The van der Waals surface area contributed by atoms with Crippen LogP contribution in [0.3, 0.4) is 0 Å². The molecule has 21 rings (SSSR count). The van der Waals surface area contributed by atoms with Crippen LogP contribution in [-0.4, -0.2) is 9.97 Å². The van der Waals surface area contributed by atoms with Gasteiger partial charge in [-0.15, -0.1) is 59.7 Å². The molecule has 2 aliphatic rings. The van der Waals surface area contributed by atoms with Gasteiger partial charge < -0.3 is 29.6 Å². The number of aromatic nitrogens is 2. The van der Waals surface area contributed by atoms with E-state index in [9.17, 15) is 11.0 Å². The predicted octanol–water partition coefficient (Wildman–Crippen LogP) is 35.3. The number of hydrogen-bond donors (Lipinski definition) is 0. The molecule has 0 atom stereocenters. The maximum Gasteiger partial charge on any atom is 2.00 e. The van der Waals surface area contributed by atoms with Crippen LogP contribution in [-0.2, 0) is 42.7 Å². The van der Waals surface area contributed by atoms with Crippen molar-refractivity contribution in [3.8, 4) is 55.9 Å². The van der Waals surface area contributed by atoms with Crippen LogP contribution < -0.4 is 19.6 Å². The van der Waals surface area contributed by atoms with Gasteiger partial charge in [0, 0.05) is 84.2 Å². The molecule has 666 valence electrons. The van der Waals surface area contributed by atoms with Crippen LogP contribution in [0.25, 0.3) is 91.0 Å². The van der Waals surface area contributed by atoms with E-state index in [1.807, 2.05) is 249 Å². The second kappa shape index (κ2) is 39.5. The summed E-state index contributed by atoms with van der Waals surface area (Å²) >= 11 is 0. The third kappa shape index (κ3) is 19.4. The van der Waals surface area contributed by atoms with Gasteiger partial charge in [-0.1, -0.05) is 354 Å². The van der Waals surface area contributed by atoms with Gasteiger partial charge in [0.2, 0.25) is 0 Å². The minimum absolute atomic E-state index is 0. The van der Waals surface area contributed by atoms with Crippen molar-refractivity contribution in [1.29, 1.82) is 0 Å². The fourth-order valence-electron chi connectivity index (χ4n) is 17.6. The first-order valence-electron chi connectivity index (χ1n) is 55.2. The number of aryl methyl sites for hydroxylation is 1. The van der Waals surface area contributed by atoms with E-state index in [0.29, 0.717) is 62.2 Å². The molecular formula is C129H110N6Pt. The first-order chi connectivity index (χ1) is 73.9. The summed E-state index contributed by atoms with van der Waals surface area (Å²) in [5.41, 5.74) is 21.1. The summed E-state index contributed by atoms with van der Waals surface area (Å²) in [6.07, 6.45) is 11.3. The molecule has 136 heavy (non-hydrogen) atoms. The Bertz CT molecular complexity index is 8220. The largest absolute Gasteiger partial charge is 2.00 e. The Kier molecular flexibility index (Phi) is 20.2. The van der Waals surface area contributed by atoms with Crippen LogP contribution in [0.15, 0.2) is 443 Å². The molecule has 0 amide bonds. The molecule has 0 spiro atoms. The maximum absolute atomic E-state index is 9.36. The van der Waals surface area contributed by atoms with Crippen molar-refractivity contribution in [3.05, 3.63) is 516 Å². The normalized spacial score (nSPS) is 14.7. The van der Waals surface area contributed by atoms with Crippen molar-refractivity contribution in [2.75, 3.05) is 19.6 Å². The third-order valence-electron chi connectivity index (χ3n) is 24.8. The van der Waals surface area contributed by atoms with Gasteiger partial charge in [-0.2, -0.15) is 0 Å². The Hall–Kier alpha value is -15.3. The molecular weight excluding hydrogens is 1830 g/mol. The number of hydrogen-bond acceptors (Lipinski definition) is 6. The minimum atomic E-state index is -2.21. The molecule has 2 heterocycles. The predicted molar refractivity (Wildman–Crippen MR) is 573 cm³/mol. The molecule has 0 saturated carbocycles.